The number of rotatable bonds is 7. The summed E-state index contributed by atoms with van der Waals surface area (Å²) >= 11 is 0. The van der Waals surface area contributed by atoms with Gasteiger partial charge < -0.3 is 23.7 Å². The second kappa shape index (κ2) is 14.1. The smallest absolute Gasteiger partial charge is 0.343 e. The maximum Gasteiger partial charge on any atom is 0.343 e. The summed E-state index contributed by atoms with van der Waals surface area (Å²) in [6.45, 7) is 0. The summed E-state index contributed by atoms with van der Waals surface area (Å²) in [6, 6.07) is 29.6. The third-order valence-corrected chi connectivity index (χ3v) is 5.11. The van der Waals surface area contributed by atoms with Crippen LogP contribution in [0.3, 0.4) is 0 Å². The van der Waals surface area contributed by atoms with Crippen LogP contribution in [0, 0.1) is 0 Å². The van der Waals surface area contributed by atoms with Gasteiger partial charge in [-0.2, -0.15) is 0 Å². The van der Waals surface area contributed by atoms with Gasteiger partial charge in [0, 0.05) is 0 Å². The predicted octanol–water partition coefficient (Wildman–Crippen LogP) is 6.93. The van der Waals surface area contributed by atoms with E-state index in [1.54, 1.807) is 77.0 Å². The van der Waals surface area contributed by atoms with E-state index in [1.807, 2.05) is 48.5 Å². The third-order valence-electron chi connectivity index (χ3n) is 5.11. The van der Waals surface area contributed by atoms with Gasteiger partial charge in [0.1, 0.15) is 28.7 Å². The number of esters is 1. The van der Waals surface area contributed by atoms with Gasteiger partial charge in [0.2, 0.25) is 0 Å². The van der Waals surface area contributed by atoms with Crippen LogP contribution in [0.4, 0.5) is 0 Å². The Morgan fingerprint density at radius 3 is 1.06 bits per heavy atom. The number of hydrogen-bond acceptors (Lipinski definition) is 6. The minimum Gasteiger partial charge on any atom is -0.497 e. The molecule has 6 heteroatoms. The molecule has 0 saturated carbocycles. The van der Waals surface area contributed by atoms with Crippen molar-refractivity contribution in [2.75, 3.05) is 28.4 Å². The van der Waals surface area contributed by atoms with Crippen LogP contribution in [0.5, 0.6) is 28.7 Å². The van der Waals surface area contributed by atoms with Crippen molar-refractivity contribution in [2.45, 2.75) is 7.43 Å². The van der Waals surface area contributed by atoms with E-state index in [0.29, 0.717) is 22.8 Å². The predicted molar refractivity (Wildman–Crippen MR) is 143 cm³/mol. The van der Waals surface area contributed by atoms with Crippen LogP contribution in [-0.4, -0.2) is 34.4 Å². The fraction of sp³-hybridized carbons (Fsp3) is 0.167. The summed E-state index contributed by atoms with van der Waals surface area (Å²) in [5.74, 6) is 3.22. The lowest BCUT2D eigenvalue weighted by molar-refractivity contribution is 0.0734. The van der Waals surface area contributed by atoms with Crippen LogP contribution in [-0.2, 0) is 0 Å². The van der Waals surface area contributed by atoms with Gasteiger partial charge >= 0.3 is 5.97 Å². The molecule has 36 heavy (non-hydrogen) atoms. The maximum absolute atomic E-state index is 11.9. The van der Waals surface area contributed by atoms with Crippen molar-refractivity contribution in [3.8, 4) is 39.9 Å². The van der Waals surface area contributed by atoms with E-state index in [2.05, 4.69) is 0 Å². The van der Waals surface area contributed by atoms with E-state index in [1.165, 1.54) is 11.1 Å². The molecule has 0 aromatic heterocycles. The number of methoxy groups -OCH3 is 4. The summed E-state index contributed by atoms with van der Waals surface area (Å²) in [5, 5.41) is 0. The minimum atomic E-state index is -0.409. The zero-order valence-corrected chi connectivity index (χ0v) is 20.2. The number of hydrogen-bond donors (Lipinski definition) is 0. The van der Waals surface area contributed by atoms with Crippen molar-refractivity contribution in [3.05, 3.63) is 103 Å². The van der Waals surface area contributed by atoms with E-state index >= 15 is 0 Å². The Balaban J connectivity index is 0.000000250. The second-order valence-electron chi connectivity index (χ2n) is 7.25. The zero-order valence-electron chi connectivity index (χ0n) is 20.2. The molecule has 0 N–H and O–H groups in total. The Bertz CT molecular complexity index is 1140. The molecule has 4 aromatic carbocycles. The zero-order chi connectivity index (χ0) is 25.0. The van der Waals surface area contributed by atoms with Crippen molar-refractivity contribution >= 4 is 5.97 Å². The molecule has 0 unspecified atom stereocenters. The topological polar surface area (TPSA) is 63.2 Å². The molecule has 6 nitrogen and oxygen atoms in total. The van der Waals surface area contributed by atoms with E-state index in [0.717, 1.165) is 11.5 Å². The van der Waals surface area contributed by atoms with Gasteiger partial charge in [-0.1, -0.05) is 31.7 Å². The Hall–Kier alpha value is -4.45. The Morgan fingerprint density at radius 2 is 0.722 bits per heavy atom. The van der Waals surface area contributed by atoms with Gasteiger partial charge in [-0.05, 0) is 83.9 Å². The summed E-state index contributed by atoms with van der Waals surface area (Å²) in [7, 11) is 6.49. The van der Waals surface area contributed by atoms with Crippen molar-refractivity contribution in [1.82, 2.24) is 0 Å². The lowest BCUT2D eigenvalue weighted by Gasteiger charge is -2.06. The highest BCUT2D eigenvalue weighted by molar-refractivity contribution is 5.91. The number of benzene rings is 4. The fourth-order valence-corrected chi connectivity index (χ4v) is 3.10. The second-order valence-corrected chi connectivity index (χ2v) is 7.25. The Morgan fingerprint density at radius 1 is 0.444 bits per heavy atom. The molecule has 0 saturated heterocycles. The van der Waals surface area contributed by atoms with Crippen LogP contribution in [0.2, 0.25) is 0 Å². The summed E-state index contributed by atoms with van der Waals surface area (Å²) in [6.07, 6.45) is 0. The molecule has 0 radical (unpaired) electrons. The highest BCUT2D eigenvalue weighted by atomic mass is 16.5. The number of carbonyl (C=O) groups is 1. The lowest BCUT2D eigenvalue weighted by Crippen LogP contribution is -2.08. The van der Waals surface area contributed by atoms with E-state index < -0.39 is 5.97 Å². The lowest BCUT2D eigenvalue weighted by atomic mass is 10.1. The molecule has 4 aromatic rings. The largest absolute Gasteiger partial charge is 0.497 e. The first-order valence-electron chi connectivity index (χ1n) is 10.8. The van der Waals surface area contributed by atoms with Crippen molar-refractivity contribution < 1.29 is 28.5 Å². The molecule has 0 aliphatic rings. The van der Waals surface area contributed by atoms with Crippen LogP contribution in [0.1, 0.15) is 17.8 Å². The average molecular weight is 489 g/mol. The van der Waals surface area contributed by atoms with Crippen molar-refractivity contribution in [1.29, 1.82) is 0 Å². The van der Waals surface area contributed by atoms with Gasteiger partial charge in [0.15, 0.2) is 0 Å². The molecule has 0 fully saturated rings. The van der Waals surface area contributed by atoms with Crippen molar-refractivity contribution in [2.24, 2.45) is 0 Å². The van der Waals surface area contributed by atoms with E-state index in [4.69, 9.17) is 23.7 Å². The molecule has 0 atom stereocenters. The molecule has 0 heterocycles. The molecule has 0 spiro atoms. The van der Waals surface area contributed by atoms with E-state index in [9.17, 15) is 4.79 Å². The third kappa shape index (κ3) is 7.81. The van der Waals surface area contributed by atoms with Gasteiger partial charge in [-0.15, -0.1) is 0 Å². The summed E-state index contributed by atoms with van der Waals surface area (Å²) in [4.78, 5) is 11.9. The minimum absolute atomic E-state index is 0. The first kappa shape index (κ1) is 27.8. The van der Waals surface area contributed by atoms with Crippen molar-refractivity contribution in [3.63, 3.8) is 0 Å². The Kier molecular flexibility index (Phi) is 10.9. The summed E-state index contributed by atoms with van der Waals surface area (Å²) in [5.41, 5.74) is 2.81. The molecule has 0 amide bonds. The molecular weight excluding hydrogens is 456 g/mol. The first-order valence-corrected chi connectivity index (χ1v) is 10.8. The number of carbonyl (C=O) groups excluding carboxylic acids is 1. The molecule has 0 bridgehead atoms. The van der Waals surface area contributed by atoms with Gasteiger partial charge in [-0.25, -0.2) is 4.79 Å². The fourth-order valence-electron chi connectivity index (χ4n) is 3.10. The average Bonchev–Trinajstić information content (AvgIpc) is 2.94. The van der Waals surface area contributed by atoms with Gasteiger partial charge in [0.05, 0.1) is 34.0 Å². The maximum atomic E-state index is 11.9. The Labute approximate surface area is 213 Å². The monoisotopic (exact) mass is 488 g/mol. The van der Waals surface area contributed by atoms with Crippen LogP contribution < -0.4 is 23.7 Å². The van der Waals surface area contributed by atoms with Gasteiger partial charge in [0.25, 0.3) is 0 Å². The molecular formula is C30H32O6. The molecule has 4 rings (SSSR count). The molecule has 0 aliphatic heterocycles. The standard InChI is InChI=1S/C15H14O4.C14H14O2.CH4/c1-17-12-5-3-11(4-6-12)15(16)19-14-9-7-13(18-2)8-10-14;1-15-13-7-3-11(4-8-13)12-5-9-14(16-2)10-6-12;/h3-10H,1-2H3;3-10H,1-2H3;1H4. The van der Waals surface area contributed by atoms with Gasteiger partial charge in [-0.3, -0.25) is 0 Å². The molecule has 188 valence electrons. The van der Waals surface area contributed by atoms with E-state index in [-0.39, 0.29) is 7.43 Å². The van der Waals surface area contributed by atoms with Crippen LogP contribution >= 0.6 is 0 Å². The van der Waals surface area contributed by atoms with Crippen LogP contribution in [0.25, 0.3) is 11.1 Å². The SMILES string of the molecule is C.COc1ccc(-c2ccc(OC)cc2)cc1.COc1ccc(OC(=O)c2ccc(OC)cc2)cc1. The number of ether oxygens (including phenoxy) is 5. The highest BCUT2D eigenvalue weighted by Crippen LogP contribution is 2.24. The highest BCUT2D eigenvalue weighted by Gasteiger charge is 2.08. The summed E-state index contributed by atoms with van der Waals surface area (Å²) < 4.78 is 25.5. The quantitative estimate of drug-likeness (QED) is 0.208. The molecule has 0 aliphatic carbocycles. The first-order chi connectivity index (χ1) is 17.1. The van der Waals surface area contributed by atoms with Crippen LogP contribution in [0.15, 0.2) is 97.1 Å². The normalized spacial score (nSPS) is 9.56.